The normalized spacial score (nSPS) is 23.2. The van der Waals surface area contributed by atoms with E-state index in [2.05, 4.69) is 9.98 Å². The number of nitriles is 1. The fourth-order valence-corrected chi connectivity index (χ4v) is 3.88. The predicted octanol–water partition coefficient (Wildman–Crippen LogP) is 2.95. The summed E-state index contributed by atoms with van der Waals surface area (Å²) >= 11 is 6.44. The number of Topliss-reactive ketones (excluding diaryl/α,β-unsaturated/α-hetero) is 1. The molecular weight excluding hydrogens is 411 g/mol. The Balaban J connectivity index is 1.95. The van der Waals surface area contributed by atoms with Crippen LogP contribution in [0.25, 0.3) is 0 Å². The summed E-state index contributed by atoms with van der Waals surface area (Å²) < 4.78 is 24.3. The van der Waals surface area contributed by atoms with Crippen molar-refractivity contribution < 1.29 is 18.7 Å². The molecule has 2 heterocycles. The van der Waals surface area contributed by atoms with E-state index < -0.39 is 24.4 Å². The fraction of sp³-hybridized carbons (Fsp3) is 0.333. The van der Waals surface area contributed by atoms with Gasteiger partial charge >= 0.3 is 0 Å². The van der Waals surface area contributed by atoms with E-state index in [0.717, 1.165) is 0 Å². The molecule has 0 spiro atoms. The number of rotatable bonds is 6. The number of hydrogen-bond acceptors (Lipinski definition) is 7. The van der Waals surface area contributed by atoms with E-state index in [9.17, 15) is 9.18 Å². The predicted molar refractivity (Wildman–Crippen MR) is 109 cm³/mol. The van der Waals surface area contributed by atoms with Gasteiger partial charge in [-0.1, -0.05) is 23.7 Å². The highest BCUT2D eigenvalue weighted by Gasteiger charge is 2.47. The molecule has 3 atom stereocenters. The lowest BCUT2D eigenvalue weighted by Crippen LogP contribution is -2.53. The smallest absolute Gasteiger partial charge is 0.283 e. The van der Waals surface area contributed by atoms with E-state index in [0.29, 0.717) is 21.7 Å². The molecule has 156 valence electrons. The van der Waals surface area contributed by atoms with Crippen LogP contribution in [0.15, 0.2) is 41.5 Å². The Kier molecular flexibility index (Phi) is 6.34. The summed E-state index contributed by atoms with van der Waals surface area (Å²) in [6.45, 7) is 0.915. The second-order valence-electron chi connectivity index (χ2n) is 7.02. The number of amidine groups is 1. The van der Waals surface area contributed by atoms with Crippen molar-refractivity contribution in [3.63, 3.8) is 0 Å². The highest BCUT2D eigenvalue weighted by molar-refractivity contribution is 6.31. The number of halogens is 2. The molecule has 9 heteroatoms. The van der Waals surface area contributed by atoms with Crippen LogP contribution in [0.4, 0.5) is 4.39 Å². The summed E-state index contributed by atoms with van der Waals surface area (Å²) in [7, 11) is 1.43. The minimum Gasteiger partial charge on any atom is -0.456 e. The van der Waals surface area contributed by atoms with Gasteiger partial charge in [-0.05, 0) is 30.7 Å². The zero-order chi connectivity index (χ0) is 21.9. The lowest BCUT2D eigenvalue weighted by atomic mass is 9.82. The monoisotopic (exact) mass is 430 g/mol. The number of methoxy groups -OCH3 is 1. The van der Waals surface area contributed by atoms with Gasteiger partial charge in [-0.2, -0.15) is 5.26 Å². The summed E-state index contributed by atoms with van der Waals surface area (Å²) in [5.41, 5.74) is 6.49. The number of aliphatic imine (C=N–C) groups is 1. The molecule has 1 aliphatic rings. The molecule has 0 saturated carbocycles. The van der Waals surface area contributed by atoms with Gasteiger partial charge in [0.15, 0.2) is 11.9 Å². The van der Waals surface area contributed by atoms with E-state index in [-0.39, 0.29) is 23.9 Å². The zero-order valence-corrected chi connectivity index (χ0v) is 17.2. The lowest BCUT2D eigenvalue weighted by Gasteiger charge is -2.41. The van der Waals surface area contributed by atoms with Crippen LogP contribution in [-0.2, 0) is 21.4 Å². The third-order valence-corrected chi connectivity index (χ3v) is 5.36. The second-order valence-corrected chi connectivity index (χ2v) is 7.43. The van der Waals surface area contributed by atoms with Gasteiger partial charge in [0.05, 0.1) is 5.56 Å². The van der Waals surface area contributed by atoms with Crippen molar-refractivity contribution in [2.45, 2.75) is 31.1 Å². The lowest BCUT2D eigenvalue weighted by molar-refractivity contribution is -0.0697. The van der Waals surface area contributed by atoms with Crippen LogP contribution in [-0.4, -0.2) is 42.8 Å². The number of ether oxygens (including phenoxy) is 2. The molecule has 0 fully saturated rings. The van der Waals surface area contributed by atoms with Gasteiger partial charge in [0, 0.05) is 30.3 Å². The average molecular weight is 431 g/mol. The number of carbonyl (C=O) groups is 1. The van der Waals surface area contributed by atoms with Gasteiger partial charge in [0.1, 0.15) is 30.1 Å². The number of nitrogens with two attached hydrogens (primary N) is 1. The highest BCUT2D eigenvalue weighted by atomic mass is 35.5. The average Bonchev–Trinajstić information content (AvgIpc) is 2.74. The van der Waals surface area contributed by atoms with Crippen LogP contribution in [0.1, 0.15) is 34.1 Å². The van der Waals surface area contributed by atoms with Crippen LogP contribution in [0.5, 0.6) is 0 Å². The molecule has 1 aromatic carbocycles. The van der Waals surface area contributed by atoms with Gasteiger partial charge in [-0.3, -0.25) is 9.78 Å². The Bertz CT molecular complexity index is 1020. The molecule has 0 unspecified atom stereocenters. The molecule has 0 amide bonds. The number of nitrogens with zero attached hydrogens (tertiary/aromatic N) is 3. The van der Waals surface area contributed by atoms with E-state index in [1.807, 2.05) is 6.07 Å². The van der Waals surface area contributed by atoms with Crippen LogP contribution < -0.4 is 5.73 Å². The Morgan fingerprint density at radius 1 is 1.43 bits per heavy atom. The molecule has 30 heavy (non-hydrogen) atoms. The molecule has 3 rings (SSSR count). The van der Waals surface area contributed by atoms with Crippen molar-refractivity contribution in [2.75, 3.05) is 13.8 Å². The largest absolute Gasteiger partial charge is 0.456 e. The first kappa shape index (κ1) is 21.7. The fourth-order valence-electron chi connectivity index (χ4n) is 3.58. The van der Waals surface area contributed by atoms with Crippen LogP contribution in [0.2, 0.25) is 5.02 Å². The molecule has 0 bridgehead atoms. The molecule has 2 N–H and O–H groups in total. The molecule has 0 saturated heterocycles. The van der Waals surface area contributed by atoms with E-state index in [4.69, 9.17) is 32.1 Å². The van der Waals surface area contributed by atoms with Gasteiger partial charge in [-0.15, -0.1) is 0 Å². The number of hydrogen-bond donors (Lipinski definition) is 1. The minimum atomic E-state index is -1.11. The maximum absolute atomic E-state index is 13.5. The number of benzene rings is 1. The third-order valence-electron chi connectivity index (χ3n) is 5.03. The van der Waals surface area contributed by atoms with Crippen molar-refractivity contribution in [1.82, 2.24) is 4.98 Å². The molecule has 2 aromatic rings. The first-order valence-electron chi connectivity index (χ1n) is 9.11. The van der Waals surface area contributed by atoms with E-state index in [1.165, 1.54) is 25.4 Å². The maximum Gasteiger partial charge on any atom is 0.283 e. The third kappa shape index (κ3) is 4.13. The Hall–Kier alpha value is -3.02. The van der Waals surface area contributed by atoms with Crippen molar-refractivity contribution in [1.29, 1.82) is 5.26 Å². The zero-order valence-electron chi connectivity index (χ0n) is 16.4. The van der Waals surface area contributed by atoms with Crippen LogP contribution in [0.3, 0.4) is 0 Å². The number of ketones is 1. The number of carbonyl (C=O) groups excluding carboxylic acids is 1. The van der Waals surface area contributed by atoms with Gasteiger partial charge in [0.2, 0.25) is 0 Å². The molecular formula is C21H20ClFN4O3. The Morgan fingerprint density at radius 2 is 2.20 bits per heavy atom. The number of aromatic nitrogens is 1. The van der Waals surface area contributed by atoms with Crippen molar-refractivity contribution in [3.8, 4) is 6.07 Å². The van der Waals surface area contributed by atoms with E-state index in [1.54, 1.807) is 25.1 Å². The summed E-state index contributed by atoms with van der Waals surface area (Å²) in [5, 5.41) is 9.23. The van der Waals surface area contributed by atoms with Crippen molar-refractivity contribution in [3.05, 3.63) is 63.9 Å². The summed E-state index contributed by atoms with van der Waals surface area (Å²) in [4.78, 5) is 21.0. The molecule has 7 nitrogen and oxygen atoms in total. The molecule has 1 aromatic heterocycles. The second kappa shape index (κ2) is 8.78. The quantitative estimate of drug-likeness (QED) is 0.705. The number of pyridine rings is 1. The SMILES string of the molecule is CO[C@H]1[C@@H](CF)OC(N)=N[C@]1(C)c1cc(CC(=O)c2ccc(C#N)cn2)ccc1Cl. The van der Waals surface area contributed by atoms with E-state index >= 15 is 0 Å². The molecule has 0 radical (unpaired) electrons. The minimum absolute atomic E-state index is 0.0546. The van der Waals surface area contributed by atoms with Crippen molar-refractivity contribution >= 4 is 23.4 Å². The highest BCUT2D eigenvalue weighted by Crippen LogP contribution is 2.40. The Labute approximate surface area is 178 Å². The van der Waals surface area contributed by atoms with Gasteiger partial charge in [-0.25, -0.2) is 9.38 Å². The van der Waals surface area contributed by atoms with Gasteiger partial charge in [0.25, 0.3) is 6.02 Å². The molecule has 0 aliphatic carbocycles. The first-order chi connectivity index (χ1) is 14.3. The van der Waals surface area contributed by atoms with Crippen LogP contribution >= 0.6 is 11.6 Å². The van der Waals surface area contributed by atoms with Crippen molar-refractivity contribution in [2.24, 2.45) is 10.7 Å². The van der Waals surface area contributed by atoms with Gasteiger partial charge < -0.3 is 15.2 Å². The first-order valence-corrected chi connectivity index (χ1v) is 9.49. The maximum atomic E-state index is 13.5. The summed E-state index contributed by atoms with van der Waals surface area (Å²) in [6.07, 6.45) is -0.319. The topological polar surface area (TPSA) is 111 Å². The summed E-state index contributed by atoms with van der Waals surface area (Å²) in [5.74, 6) is -0.224. The molecule has 1 aliphatic heterocycles. The Morgan fingerprint density at radius 3 is 2.80 bits per heavy atom. The van der Waals surface area contributed by atoms with Crippen LogP contribution in [0, 0.1) is 11.3 Å². The number of alkyl halides is 1. The standard InChI is InChI=1S/C21H20ClFN4O3/c1-21(19(29-2)18(9-23)30-20(25)27-21)14-7-12(3-5-15(14)22)8-17(28)16-6-4-13(10-24)11-26-16/h3-7,11,18-19H,8-9H2,1-2H3,(H2,25,27)/t18-,19+,21-/m1/s1. The summed E-state index contributed by atoms with van der Waals surface area (Å²) in [6, 6.07) is 9.94.